The smallest absolute Gasteiger partial charge is 0.261 e. The molecule has 0 saturated carbocycles. The molecule has 0 aliphatic carbocycles. The molecule has 2 heterocycles. The van der Waals surface area contributed by atoms with Crippen molar-refractivity contribution in [2.75, 3.05) is 33.2 Å². The SMILES string of the molecule is CN=C(NCCCNC(=O)c1cccs1)N1CCC(C)CC1.I. The lowest BCUT2D eigenvalue weighted by atomic mass is 10.00. The summed E-state index contributed by atoms with van der Waals surface area (Å²) in [5.41, 5.74) is 0. The van der Waals surface area contributed by atoms with Crippen LogP contribution in [-0.2, 0) is 0 Å². The Balaban J connectivity index is 0.00000264. The van der Waals surface area contributed by atoms with Crippen LogP contribution in [0.3, 0.4) is 0 Å². The van der Waals surface area contributed by atoms with Crippen LogP contribution >= 0.6 is 35.3 Å². The first-order valence-corrected chi connectivity index (χ1v) is 8.86. The third kappa shape index (κ3) is 6.66. The van der Waals surface area contributed by atoms with E-state index < -0.39 is 0 Å². The Kier molecular flexibility index (Phi) is 9.54. The third-order valence-corrected chi connectivity index (χ3v) is 4.83. The molecular weight excluding hydrogens is 423 g/mol. The number of aliphatic imine (C=N–C) groups is 1. The van der Waals surface area contributed by atoms with Crippen molar-refractivity contribution in [3.8, 4) is 0 Å². The Bertz CT molecular complexity index is 484. The van der Waals surface area contributed by atoms with Crippen LogP contribution in [0.4, 0.5) is 0 Å². The normalized spacial score (nSPS) is 15.9. The highest BCUT2D eigenvalue weighted by Gasteiger charge is 2.18. The van der Waals surface area contributed by atoms with Crippen LogP contribution in [0.2, 0.25) is 0 Å². The predicted molar refractivity (Wildman–Crippen MR) is 108 cm³/mol. The maximum atomic E-state index is 11.8. The van der Waals surface area contributed by atoms with E-state index in [1.54, 1.807) is 0 Å². The Morgan fingerprint density at radius 3 is 2.65 bits per heavy atom. The number of hydrogen-bond acceptors (Lipinski definition) is 3. The van der Waals surface area contributed by atoms with Crippen molar-refractivity contribution in [1.82, 2.24) is 15.5 Å². The number of piperidine rings is 1. The first kappa shape index (κ1) is 20.2. The zero-order chi connectivity index (χ0) is 15.8. The number of rotatable bonds is 5. The highest BCUT2D eigenvalue weighted by molar-refractivity contribution is 14.0. The van der Waals surface area contributed by atoms with Gasteiger partial charge in [0.25, 0.3) is 5.91 Å². The lowest BCUT2D eigenvalue weighted by molar-refractivity contribution is 0.0957. The zero-order valence-electron chi connectivity index (χ0n) is 13.9. The highest BCUT2D eigenvalue weighted by Crippen LogP contribution is 2.15. The van der Waals surface area contributed by atoms with Gasteiger partial charge in [-0.3, -0.25) is 9.79 Å². The second kappa shape index (κ2) is 10.9. The van der Waals surface area contributed by atoms with E-state index in [1.807, 2.05) is 24.6 Å². The first-order valence-electron chi connectivity index (χ1n) is 7.98. The van der Waals surface area contributed by atoms with Crippen LogP contribution in [0.15, 0.2) is 22.5 Å². The quantitative estimate of drug-likeness (QED) is 0.314. The lowest BCUT2D eigenvalue weighted by Gasteiger charge is -2.32. The van der Waals surface area contributed by atoms with Crippen molar-refractivity contribution in [3.63, 3.8) is 0 Å². The summed E-state index contributed by atoms with van der Waals surface area (Å²) >= 11 is 1.47. The van der Waals surface area contributed by atoms with Crippen molar-refractivity contribution in [2.24, 2.45) is 10.9 Å². The molecule has 7 heteroatoms. The van der Waals surface area contributed by atoms with Crippen molar-refractivity contribution < 1.29 is 4.79 Å². The second-order valence-corrected chi connectivity index (χ2v) is 6.68. The van der Waals surface area contributed by atoms with E-state index in [0.717, 1.165) is 42.8 Å². The van der Waals surface area contributed by atoms with E-state index in [0.29, 0.717) is 6.54 Å². The van der Waals surface area contributed by atoms with Gasteiger partial charge in [-0.15, -0.1) is 35.3 Å². The standard InChI is InChI=1S/C16H26N4OS.HI/c1-13-6-10-20(11-7-13)16(17-2)19-9-4-8-18-15(21)14-5-3-12-22-14;/h3,5,12-13H,4,6-11H2,1-2H3,(H,17,19)(H,18,21);1H. The van der Waals surface area contributed by atoms with Gasteiger partial charge in [-0.05, 0) is 36.6 Å². The highest BCUT2D eigenvalue weighted by atomic mass is 127. The van der Waals surface area contributed by atoms with Gasteiger partial charge in [0.1, 0.15) is 0 Å². The average molecular weight is 450 g/mol. The van der Waals surface area contributed by atoms with Crippen LogP contribution in [0.5, 0.6) is 0 Å². The van der Waals surface area contributed by atoms with E-state index in [1.165, 1.54) is 24.2 Å². The number of thiophene rings is 1. The van der Waals surface area contributed by atoms with E-state index in [2.05, 4.69) is 27.4 Å². The van der Waals surface area contributed by atoms with Gasteiger partial charge in [0.05, 0.1) is 4.88 Å². The fourth-order valence-corrected chi connectivity index (χ4v) is 3.18. The van der Waals surface area contributed by atoms with E-state index >= 15 is 0 Å². The Morgan fingerprint density at radius 2 is 2.04 bits per heavy atom. The summed E-state index contributed by atoms with van der Waals surface area (Å²) in [5, 5.41) is 8.25. The number of halogens is 1. The van der Waals surface area contributed by atoms with Gasteiger partial charge in [-0.2, -0.15) is 0 Å². The molecule has 1 aliphatic rings. The number of guanidine groups is 1. The molecule has 0 aromatic carbocycles. The van der Waals surface area contributed by atoms with Gasteiger partial charge in [-0.25, -0.2) is 0 Å². The molecule has 0 unspecified atom stereocenters. The van der Waals surface area contributed by atoms with Gasteiger partial charge in [0, 0.05) is 33.2 Å². The van der Waals surface area contributed by atoms with Gasteiger partial charge in [-0.1, -0.05) is 13.0 Å². The van der Waals surface area contributed by atoms with Gasteiger partial charge in [0.2, 0.25) is 0 Å². The molecule has 0 atom stereocenters. The van der Waals surface area contributed by atoms with Crippen LogP contribution in [0.25, 0.3) is 0 Å². The average Bonchev–Trinajstić information content (AvgIpc) is 3.06. The monoisotopic (exact) mass is 450 g/mol. The molecule has 1 aromatic heterocycles. The summed E-state index contributed by atoms with van der Waals surface area (Å²) in [6, 6.07) is 3.74. The molecule has 23 heavy (non-hydrogen) atoms. The van der Waals surface area contributed by atoms with E-state index in [4.69, 9.17) is 0 Å². The van der Waals surface area contributed by atoms with Gasteiger partial charge < -0.3 is 15.5 Å². The maximum absolute atomic E-state index is 11.8. The van der Waals surface area contributed by atoms with Crippen LogP contribution in [0, 0.1) is 5.92 Å². The molecule has 1 aliphatic heterocycles. The van der Waals surface area contributed by atoms with Crippen molar-refractivity contribution in [3.05, 3.63) is 22.4 Å². The second-order valence-electron chi connectivity index (χ2n) is 5.73. The largest absolute Gasteiger partial charge is 0.356 e. The molecule has 1 aromatic rings. The number of carbonyl (C=O) groups is 1. The Hall–Kier alpha value is -0.830. The summed E-state index contributed by atoms with van der Waals surface area (Å²) in [4.78, 5) is 19.2. The molecule has 0 spiro atoms. The number of carbonyl (C=O) groups excluding carboxylic acids is 1. The third-order valence-electron chi connectivity index (χ3n) is 3.96. The van der Waals surface area contributed by atoms with Crippen LogP contribution < -0.4 is 10.6 Å². The fourth-order valence-electron chi connectivity index (χ4n) is 2.54. The lowest BCUT2D eigenvalue weighted by Crippen LogP contribution is -2.45. The van der Waals surface area contributed by atoms with E-state index in [9.17, 15) is 4.79 Å². The molecule has 2 N–H and O–H groups in total. The number of nitrogens with zero attached hydrogens (tertiary/aromatic N) is 2. The molecule has 2 rings (SSSR count). The summed E-state index contributed by atoms with van der Waals surface area (Å²) in [6.07, 6.45) is 3.36. The predicted octanol–water partition coefficient (Wildman–Crippen LogP) is 2.79. The molecule has 5 nitrogen and oxygen atoms in total. The summed E-state index contributed by atoms with van der Waals surface area (Å²) in [6.45, 7) is 5.97. The summed E-state index contributed by atoms with van der Waals surface area (Å²) in [5.74, 6) is 1.82. The van der Waals surface area contributed by atoms with Crippen molar-refractivity contribution in [2.45, 2.75) is 26.2 Å². The number of hydrogen-bond donors (Lipinski definition) is 2. The number of likely N-dealkylation sites (tertiary alicyclic amines) is 1. The van der Waals surface area contributed by atoms with Crippen LogP contribution in [0.1, 0.15) is 35.9 Å². The van der Waals surface area contributed by atoms with Crippen molar-refractivity contribution >= 4 is 47.2 Å². The van der Waals surface area contributed by atoms with Gasteiger partial charge in [0.15, 0.2) is 5.96 Å². The maximum Gasteiger partial charge on any atom is 0.261 e. The van der Waals surface area contributed by atoms with Crippen molar-refractivity contribution in [1.29, 1.82) is 0 Å². The van der Waals surface area contributed by atoms with Crippen LogP contribution in [-0.4, -0.2) is 50.0 Å². The molecular formula is C16H27IN4OS. The first-order chi connectivity index (χ1) is 10.7. The summed E-state index contributed by atoms with van der Waals surface area (Å²) in [7, 11) is 1.83. The summed E-state index contributed by atoms with van der Waals surface area (Å²) < 4.78 is 0. The minimum absolute atomic E-state index is 0. The molecule has 130 valence electrons. The zero-order valence-corrected chi connectivity index (χ0v) is 17.0. The topological polar surface area (TPSA) is 56.7 Å². The molecule has 1 fully saturated rings. The van der Waals surface area contributed by atoms with Gasteiger partial charge >= 0.3 is 0 Å². The Morgan fingerprint density at radius 1 is 1.35 bits per heavy atom. The van der Waals surface area contributed by atoms with E-state index in [-0.39, 0.29) is 29.9 Å². The Labute approximate surface area is 160 Å². The number of amides is 1. The minimum Gasteiger partial charge on any atom is -0.356 e. The molecule has 1 saturated heterocycles. The number of nitrogens with one attached hydrogen (secondary N) is 2. The molecule has 0 radical (unpaired) electrons. The molecule has 1 amide bonds. The fraction of sp³-hybridized carbons (Fsp3) is 0.625. The molecule has 0 bridgehead atoms. The minimum atomic E-state index is 0.